The van der Waals surface area contributed by atoms with Crippen molar-refractivity contribution in [2.45, 2.75) is 19.4 Å². The second-order valence-electron chi connectivity index (χ2n) is 6.27. The van der Waals surface area contributed by atoms with Gasteiger partial charge in [-0.2, -0.15) is 0 Å². The van der Waals surface area contributed by atoms with E-state index < -0.39 is 17.4 Å². The highest BCUT2D eigenvalue weighted by Crippen LogP contribution is 2.38. The molecule has 2 aromatic carbocycles. The number of methoxy groups -OCH3 is 1. The molecule has 1 atom stereocenters. The quantitative estimate of drug-likeness (QED) is 0.836. The van der Waals surface area contributed by atoms with Gasteiger partial charge in [0.2, 0.25) is 0 Å². The first-order valence-corrected chi connectivity index (χ1v) is 8.37. The van der Waals surface area contributed by atoms with Crippen LogP contribution in [-0.2, 0) is 9.59 Å². The number of fused-ring (bicyclic) bond motifs is 1. The van der Waals surface area contributed by atoms with Crippen molar-refractivity contribution in [3.05, 3.63) is 47.0 Å². The fourth-order valence-corrected chi connectivity index (χ4v) is 3.00. The number of benzene rings is 2. The summed E-state index contributed by atoms with van der Waals surface area (Å²) >= 11 is 6.00. The maximum absolute atomic E-state index is 12.9. The molecular weight excluding hydrogens is 356 g/mol. The molecule has 1 aliphatic rings. The molecule has 6 nitrogen and oxygen atoms in total. The van der Waals surface area contributed by atoms with Crippen molar-refractivity contribution in [3.8, 4) is 11.5 Å². The largest absolute Gasteiger partial charge is 0.495 e. The predicted molar refractivity (Wildman–Crippen MR) is 100 cm³/mol. The normalized spacial score (nSPS) is 18.8. The molecule has 0 saturated heterocycles. The van der Waals surface area contributed by atoms with Gasteiger partial charge in [0.15, 0.2) is 0 Å². The van der Waals surface area contributed by atoms with E-state index in [0.29, 0.717) is 27.9 Å². The summed E-state index contributed by atoms with van der Waals surface area (Å²) in [7, 11) is 3.10. The molecule has 0 radical (unpaired) electrons. The van der Waals surface area contributed by atoms with Gasteiger partial charge in [-0.15, -0.1) is 0 Å². The Bertz CT molecular complexity index is 899. The van der Waals surface area contributed by atoms with Gasteiger partial charge in [-0.25, -0.2) is 0 Å². The van der Waals surface area contributed by atoms with Crippen molar-refractivity contribution >= 4 is 34.8 Å². The fourth-order valence-electron chi connectivity index (χ4n) is 2.83. The standard InChI is InChI=1S/C19H19ClN2O4/c1-11-5-7-16-14(9-11)22(3)18(24)19(2,26-16)17(23)21-13-10-12(20)6-8-15(13)25-4/h5-10H,1-4H3,(H,21,23). The molecule has 2 amide bonds. The monoisotopic (exact) mass is 374 g/mol. The zero-order valence-electron chi connectivity index (χ0n) is 14.9. The van der Waals surface area contributed by atoms with Crippen molar-refractivity contribution in [3.63, 3.8) is 0 Å². The molecule has 1 unspecified atom stereocenters. The minimum Gasteiger partial charge on any atom is -0.495 e. The lowest BCUT2D eigenvalue weighted by Crippen LogP contribution is -2.59. The Morgan fingerprint density at radius 2 is 2.00 bits per heavy atom. The summed E-state index contributed by atoms with van der Waals surface area (Å²) in [6, 6.07) is 10.3. The fraction of sp³-hybridized carbons (Fsp3) is 0.263. The van der Waals surface area contributed by atoms with E-state index in [-0.39, 0.29) is 0 Å². The third-order valence-corrected chi connectivity index (χ3v) is 4.58. The Balaban J connectivity index is 1.95. The Kier molecular flexibility index (Phi) is 4.54. The van der Waals surface area contributed by atoms with Crippen molar-refractivity contribution in [1.29, 1.82) is 0 Å². The van der Waals surface area contributed by atoms with Crippen LogP contribution in [0.4, 0.5) is 11.4 Å². The molecule has 1 aliphatic heterocycles. The molecule has 0 aromatic heterocycles. The smallest absolute Gasteiger partial charge is 0.280 e. The number of carbonyl (C=O) groups is 2. The molecule has 0 bridgehead atoms. The van der Waals surface area contributed by atoms with Crippen LogP contribution in [0.1, 0.15) is 12.5 Å². The van der Waals surface area contributed by atoms with Crippen LogP contribution in [0.25, 0.3) is 0 Å². The van der Waals surface area contributed by atoms with E-state index in [1.807, 2.05) is 19.1 Å². The number of hydrogen-bond donors (Lipinski definition) is 1. The number of hydrogen-bond acceptors (Lipinski definition) is 4. The number of halogens is 1. The summed E-state index contributed by atoms with van der Waals surface area (Å²) in [4.78, 5) is 27.2. The van der Waals surface area contributed by atoms with Crippen molar-refractivity contribution < 1.29 is 19.1 Å². The molecule has 1 heterocycles. The van der Waals surface area contributed by atoms with E-state index in [1.165, 1.54) is 18.9 Å². The molecule has 0 fully saturated rings. The van der Waals surface area contributed by atoms with Gasteiger partial charge in [0, 0.05) is 12.1 Å². The number of nitrogens with one attached hydrogen (secondary N) is 1. The van der Waals surface area contributed by atoms with E-state index in [0.717, 1.165) is 5.56 Å². The molecule has 2 aromatic rings. The van der Waals surface area contributed by atoms with E-state index >= 15 is 0 Å². The van der Waals surface area contributed by atoms with Gasteiger partial charge in [-0.3, -0.25) is 9.59 Å². The predicted octanol–water partition coefficient (Wildman–Crippen LogP) is 3.41. The Hall–Kier alpha value is -2.73. The highest BCUT2D eigenvalue weighted by atomic mass is 35.5. The first kappa shape index (κ1) is 18.1. The topological polar surface area (TPSA) is 67.9 Å². The number of amides is 2. The van der Waals surface area contributed by atoms with Crippen LogP contribution in [0.15, 0.2) is 36.4 Å². The third kappa shape index (κ3) is 2.97. The Morgan fingerprint density at radius 1 is 1.27 bits per heavy atom. The number of likely N-dealkylation sites (N-methyl/N-ethyl adjacent to an activating group) is 1. The summed E-state index contributed by atoms with van der Waals surface area (Å²) in [6.45, 7) is 3.37. The SMILES string of the molecule is COc1ccc(Cl)cc1NC(=O)C1(C)Oc2ccc(C)cc2N(C)C1=O. The van der Waals surface area contributed by atoms with Crippen LogP contribution in [0, 0.1) is 6.92 Å². The van der Waals surface area contributed by atoms with E-state index in [1.54, 1.807) is 31.3 Å². The minimum absolute atomic E-state index is 0.361. The van der Waals surface area contributed by atoms with Gasteiger partial charge in [-0.1, -0.05) is 17.7 Å². The first-order chi connectivity index (χ1) is 12.3. The number of anilines is 2. The highest BCUT2D eigenvalue weighted by molar-refractivity contribution is 6.31. The second-order valence-corrected chi connectivity index (χ2v) is 6.71. The molecule has 3 rings (SSSR count). The van der Waals surface area contributed by atoms with Gasteiger partial charge in [0.1, 0.15) is 11.5 Å². The zero-order chi connectivity index (χ0) is 19.1. The zero-order valence-corrected chi connectivity index (χ0v) is 15.7. The highest BCUT2D eigenvalue weighted by Gasteiger charge is 2.50. The molecular formula is C19H19ClN2O4. The van der Waals surface area contributed by atoms with E-state index in [4.69, 9.17) is 21.1 Å². The van der Waals surface area contributed by atoms with Crippen LogP contribution in [0.5, 0.6) is 11.5 Å². The lowest BCUT2D eigenvalue weighted by Gasteiger charge is -2.38. The van der Waals surface area contributed by atoms with Gasteiger partial charge in [0.25, 0.3) is 17.4 Å². The number of aryl methyl sites for hydroxylation is 1. The molecule has 1 N–H and O–H groups in total. The van der Waals surface area contributed by atoms with Gasteiger partial charge >= 0.3 is 0 Å². The maximum atomic E-state index is 12.9. The van der Waals surface area contributed by atoms with Gasteiger partial charge < -0.3 is 19.7 Å². The van der Waals surface area contributed by atoms with Crippen molar-refractivity contribution in [2.75, 3.05) is 24.4 Å². The van der Waals surface area contributed by atoms with E-state index in [2.05, 4.69) is 5.32 Å². The summed E-state index contributed by atoms with van der Waals surface area (Å²) in [6.07, 6.45) is 0. The molecule has 0 aliphatic carbocycles. The number of rotatable bonds is 3. The third-order valence-electron chi connectivity index (χ3n) is 4.35. The second kappa shape index (κ2) is 6.53. The van der Waals surface area contributed by atoms with Crippen LogP contribution in [-0.4, -0.2) is 31.6 Å². The summed E-state index contributed by atoms with van der Waals surface area (Å²) < 4.78 is 11.0. The Labute approximate surface area is 156 Å². The van der Waals surface area contributed by atoms with Crippen LogP contribution >= 0.6 is 11.6 Å². The molecule has 0 spiro atoms. The van der Waals surface area contributed by atoms with Gasteiger partial charge in [0.05, 0.1) is 18.5 Å². The molecule has 0 saturated carbocycles. The number of nitrogens with zero attached hydrogens (tertiary/aromatic N) is 1. The average Bonchev–Trinajstić information content (AvgIpc) is 2.61. The summed E-state index contributed by atoms with van der Waals surface area (Å²) in [5.41, 5.74) is 0.258. The average molecular weight is 375 g/mol. The summed E-state index contributed by atoms with van der Waals surface area (Å²) in [5.74, 6) is -0.178. The Morgan fingerprint density at radius 3 is 2.69 bits per heavy atom. The molecule has 26 heavy (non-hydrogen) atoms. The number of carbonyl (C=O) groups excluding carboxylic acids is 2. The molecule has 136 valence electrons. The summed E-state index contributed by atoms with van der Waals surface area (Å²) in [5, 5.41) is 3.12. The lowest BCUT2D eigenvalue weighted by atomic mass is 9.99. The molecule has 7 heteroatoms. The van der Waals surface area contributed by atoms with E-state index in [9.17, 15) is 9.59 Å². The van der Waals surface area contributed by atoms with Crippen LogP contribution < -0.4 is 19.7 Å². The van der Waals surface area contributed by atoms with Crippen LogP contribution in [0.2, 0.25) is 5.02 Å². The van der Waals surface area contributed by atoms with Crippen LogP contribution in [0.3, 0.4) is 0 Å². The number of ether oxygens (including phenoxy) is 2. The van der Waals surface area contributed by atoms with Crippen molar-refractivity contribution in [2.24, 2.45) is 0 Å². The first-order valence-electron chi connectivity index (χ1n) is 7.99. The minimum atomic E-state index is -1.72. The maximum Gasteiger partial charge on any atom is 0.280 e. The lowest BCUT2D eigenvalue weighted by molar-refractivity contribution is -0.144. The van der Waals surface area contributed by atoms with Crippen molar-refractivity contribution in [1.82, 2.24) is 0 Å². The van der Waals surface area contributed by atoms with Gasteiger partial charge in [-0.05, 0) is 49.7 Å².